The van der Waals surface area contributed by atoms with Crippen molar-refractivity contribution in [3.05, 3.63) is 53.1 Å². The smallest absolute Gasteiger partial charge is 0.133 e. The van der Waals surface area contributed by atoms with E-state index in [0.717, 1.165) is 40.6 Å². The van der Waals surface area contributed by atoms with E-state index in [1.165, 1.54) is 0 Å². The molecule has 0 amide bonds. The van der Waals surface area contributed by atoms with Crippen LogP contribution >= 0.6 is 12.2 Å². The van der Waals surface area contributed by atoms with Crippen molar-refractivity contribution in [3.8, 4) is 11.3 Å². The van der Waals surface area contributed by atoms with Gasteiger partial charge in [-0.25, -0.2) is 4.98 Å². The zero-order valence-corrected chi connectivity index (χ0v) is 12.1. The predicted octanol–water partition coefficient (Wildman–Crippen LogP) is 4.31. The van der Waals surface area contributed by atoms with Crippen molar-refractivity contribution in [1.82, 2.24) is 15.0 Å². The average Bonchev–Trinajstić information content (AvgIpc) is 2.49. The van der Waals surface area contributed by atoms with Gasteiger partial charge in [-0.3, -0.25) is 4.98 Å². The summed E-state index contributed by atoms with van der Waals surface area (Å²) in [5, 5.41) is 1.13. The Morgan fingerprint density at radius 2 is 2.00 bits per heavy atom. The second kappa shape index (κ2) is 5.51. The molecule has 1 aromatic carbocycles. The van der Waals surface area contributed by atoms with Crippen molar-refractivity contribution < 1.29 is 0 Å². The highest BCUT2D eigenvalue weighted by atomic mass is 32.1. The van der Waals surface area contributed by atoms with Gasteiger partial charge in [0, 0.05) is 22.7 Å². The van der Waals surface area contributed by atoms with Gasteiger partial charge >= 0.3 is 0 Å². The molecule has 0 saturated heterocycles. The van der Waals surface area contributed by atoms with Crippen LogP contribution in [0.2, 0.25) is 0 Å². The molecule has 1 N–H and O–H groups in total. The number of pyridine rings is 1. The molecule has 0 fully saturated rings. The molecule has 0 aliphatic carbocycles. The normalized spacial score (nSPS) is 10.8. The van der Waals surface area contributed by atoms with Crippen LogP contribution < -0.4 is 0 Å². The minimum Gasteiger partial charge on any atom is -0.345 e. The average molecular weight is 281 g/mol. The van der Waals surface area contributed by atoms with E-state index in [1.807, 2.05) is 18.3 Å². The number of hydrogen-bond donors (Lipinski definition) is 1. The van der Waals surface area contributed by atoms with Crippen molar-refractivity contribution in [2.24, 2.45) is 0 Å². The molecule has 0 aliphatic heterocycles. The molecule has 4 heteroatoms. The van der Waals surface area contributed by atoms with Gasteiger partial charge in [-0.1, -0.05) is 49.8 Å². The standard InChI is InChI=1S/C16H15N3S/c1-2-5-13-15(18-10-19-16(13)20)12-8-3-6-11-7-4-9-17-14(11)12/h3-4,6-10H,2,5H2,1H3,(H,18,19,20). The molecule has 0 aliphatic rings. The Labute approximate surface area is 122 Å². The largest absolute Gasteiger partial charge is 0.345 e. The van der Waals surface area contributed by atoms with Gasteiger partial charge in [0.05, 0.1) is 17.5 Å². The first-order valence-corrected chi connectivity index (χ1v) is 7.12. The molecule has 0 radical (unpaired) electrons. The summed E-state index contributed by atoms with van der Waals surface area (Å²) >= 11 is 5.38. The van der Waals surface area contributed by atoms with Crippen LogP contribution in [-0.2, 0) is 6.42 Å². The minimum absolute atomic E-state index is 0.675. The van der Waals surface area contributed by atoms with Crippen molar-refractivity contribution in [2.45, 2.75) is 19.8 Å². The first kappa shape index (κ1) is 12.9. The maximum Gasteiger partial charge on any atom is 0.133 e. The van der Waals surface area contributed by atoms with Crippen LogP contribution in [0.25, 0.3) is 22.2 Å². The topological polar surface area (TPSA) is 41.6 Å². The SMILES string of the molecule is CCCc1c(-c2cccc3cccnc23)[nH]cnc1=S. The molecular weight excluding hydrogens is 266 g/mol. The maximum absolute atomic E-state index is 5.38. The van der Waals surface area contributed by atoms with Crippen LogP contribution in [0.4, 0.5) is 0 Å². The number of rotatable bonds is 3. The lowest BCUT2D eigenvalue weighted by Gasteiger charge is -2.10. The van der Waals surface area contributed by atoms with Gasteiger partial charge < -0.3 is 4.98 Å². The highest BCUT2D eigenvalue weighted by Crippen LogP contribution is 2.28. The molecular formula is C16H15N3S. The highest BCUT2D eigenvalue weighted by Gasteiger charge is 2.11. The van der Waals surface area contributed by atoms with Gasteiger partial charge in [0.2, 0.25) is 0 Å². The molecule has 3 nitrogen and oxygen atoms in total. The van der Waals surface area contributed by atoms with Crippen LogP contribution in [0.1, 0.15) is 18.9 Å². The zero-order valence-electron chi connectivity index (χ0n) is 11.3. The number of nitrogens with zero attached hydrogens (tertiary/aromatic N) is 2. The number of aromatic amines is 1. The molecule has 2 aromatic heterocycles. The summed E-state index contributed by atoms with van der Waals surface area (Å²) < 4.78 is 0.675. The van der Waals surface area contributed by atoms with Crippen molar-refractivity contribution in [3.63, 3.8) is 0 Å². The molecule has 3 aromatic rings. The molecule has 0 bridgehead atoms. The van der Waals surface area contributed by atoms with E-state index >= 15 is 0 Å². The van der Waals surface area contributed by atoms with E-state index in [-0.39, 0.29) is 0 Å². The fraction of sp³-hybridized carbons (Fsp3) is 0.188. The summed E-state index contributed by atoms with van der Waals surface area (Å²) in [6, 6.07) is 10.2. The Bertz CT molecular complexity index is 803. The number of nitrogens with one attached hydrogen (secondary N) is 1. The Balaban J connectivity index is 2.31. The summed E-state index contributed by atoms with van der Waals surface area (Å²) in [5.41, 5.74) is 4.21. The highest BCUT2D eigenvalue weighted by molar-refractivity contribution is 7.71. The Morgan fingerprint density at radius 3 is 2.85 bits per heavy atom. The van der Waals surface area contributed by atoms with Crippen LogP contribution in [0.5, 0.6) is 0 Å². The van der Waals surface area contributed by atoms with Gasteiger partial charge in [0.1, 0.15) is 4.64 Å². The van der Waals surface area contributed by atoms with Crippen molar-refractivity contribution in [1.29, 1.82) is 0 Å². The third-order valence-corrected chi connectivity index (χ3v) is 3.70. The monoisotopic (exact) mass is 281 g/mol. The predicted molar refractivity (Wildman–Crippen MR) is 84.2 cm³/mol. The van der Waals surface area contributed by atoms with Crippen LogP contribution in [0.3, 0.4) is 0 Å². The third-order valence-electron chi connectivity index (χ3n) is 3.35. The Kier molecular flexibility index (Phi) is 3.56. The number of hydrogen-bond acceptors (Lipinski definition) is 3. The number of benzene rings is 1. The summed E-state index contributed by atoms with van der Waals surface area (Å²) in [6.07, 6.45) is 5.44. The third kappa shape index (κ3) is 2.23. The summed E-state index contributed by atoms with van der Waals surface area (Å²) in [6.45, 7) is 2.15. The molecule has 2 heterocycles. The summed E-state index contributed by atoms with van der Waals surface area (Å²) in [7, 11) is 0. The van der Waals surface area contributed by atoms with E-state index in [9.17, 15) is 0 Å². The van der Waals surface area contributed by atoms with Gasteiger partial charge in [-0.2, -0.15) is 0 Å². The molecule has 0 unspecified atom stereocenters. The summed E-state index contributed by atoms with van der Waals surface area (Å²) in [5.74, 6) is 0. The van der Waals surface area contributed by atoms with Gasteiger partial charge in [0.25, 0.3) is 0 Å². The lowest BCUT2D eigenvalue weighted by molar-refractivity contribution is 0.898. The number of para-hydroxylation sites is 1. The first-order chi connectivity index (χ1) is 9.81. The molecule has 20 heavy (non-hydrogen) atoms. The molecule has 3 rings (SSSR count). The van der Waals surface area contributed by atoms with Gasteiger partial charge in [-0.15, -0.1) is 0 Å². The number of aromatic nitrogens is 3. The van der Waals surface area contributed by atoms with E-state index in [2.05, 4.69) is 40.1 Å². The van der Waals surface area contributed by atoms with Gasteiger partial charge in [-0.05, 0) is 12.5 Å². The van der Waals surface area contributed by atoms with E-state index in [0.29, 0.717) is 4.64 Å². The Hall–Kier alpha value is -2.07. The van der Waals surface area contributed by atoms with Gasteiger partial charge in [0.15, 0.2) is 0 Å². The minimum atomic E-state index is 0.675. The lowest BCUT2D eigenvalue weighted by atomic mass is 10.0. The lowest BCUT2D eigenvalue weighted by Crippen LogP contribution is -1.97. The second-order valence-electron chi connectivity index (χ2n) is 4.69. The molecule has 100 valence electrons. The van der Waals surface area contributed by atoms with E-state index in [4.69, 9.17) is 12.2 Å². The fourth-order valence-corrected chi connectivity index (χ4v) is 2.71. The second-order valence-corrected chi connectivity index (χ2v) is 5.08. The number of fused-ring (bicyclic) bond motifs is 1. The van der Waals surface area contributed by atoms with Crippen molar-refractivity contribution >= 4 is 23.1 Å². The summed E-state index contributed by atoms with van der Waals surface area (Å²) in [4.78, 5) is 12.0. The van der Waals surface area contributed by atoms with Crippen LogP contribution in [0.15, 0.2) is 42.9 Å². The quantitative estimate of drug-likeness (QED) is 0.727. The van der Waals surface area contributed by atoms with Crippen LogP contribution in [0, 0.1) is 4.64 Å². The van der Waals surface area contributed by atoms with E-state index in [1.54, 1.807) is 6.33 Å². The molecule has 0 atom stereocenters. The van der Waals surface area contributed by atoms with E-state index < -0.39 is 0 Å². The van der Waals surface area contributed by atoms with Crippen molar-refractivity contribution in [2.75, 3.05) is 0 Å². The maximum atomic E-state index is 5.38. The first-order valence-electron chi connectivity index (χ1n) is 6.72. The number of H-pyrrole nitrogens is 1. The van der Waals surface area contributed by atoms with Crippen LogP contribution in [-0.4, -0.2) is 15.0 Å². The molecule has 0 spiro atoms. The molecule has 0 saturated carbocycles. The zero-order chi connectivity index (χ0) is 13.9. The fourth-order valence-electron chi connectivity index (χ4n) is 2.46. The Morgan fingerprint density at radius 1 is 1.15 bits per heavy atom.